The molecule has 0 unspecified atom stereocenters. The smallest absolute Gasteiger partial charge is 0.245 e. The van der Waals surface area contributed by atoms with Gasteiger partial charge in [-0.05, 0) is 48.3 Å². The molecule has 0 atom stereocenters. The van der Waals surface area contributed by atoms with Crippen LogP contribution in [0.2, 0.25) is 0 Å². The monoisotopic (exact) mass is 297 g/mol. The molecule has 0 saturated carbocycles. The quantitative estimate of drug-likeness (QED) is 0.851. The van der Waals surface area contributed by atoms with Crippen LogP contribution in [0.3, 0.4) is 0 Å². The topological polar surface area (TPSA) is 58.7 Å². The molecule has 1 fully saturated rings. The second kappa shape index (κ2) is 6.05. The molecule has 1 saturated heterocycles. The molecule has 0 radical (unpaired) electrons. The van der Waals surface area contributed by atoms with Crippen LogP contribution < -0.4 is 5.73 Å². The molecule has 2 aliphatic rings. The summed E-state index contributed by atoms with van der Waals surface area (Å²) >= 11 is 0. The molecule has 0 aromatic heterocycles. The number of carbonyl (C=O) groups excluding carboxylic acids is 1. The van der Waals surface area contributed by atoms with Crippen LogP contribution in [0, 0.1) is 0 Å². The van der Waals surface area contributed by atoms with E-state index in [2.05, 4.69) is 35.8 Å². The minimum Gasteiger partial charge on any atom is -0.339 e. The maximum Gasteiger partial charge on any atom is 0.245 e. The predicted octanol–water partition coefficient (Wildman–Crippen LogP) is 2.23. The van der Waals surface area contributed by atoms with E-state index in [-0.39, 0.29) is 11.3 Å². The summed E-state index contributed by atoms with van der Waals surface area (Å²) in [4.78, 5) is 18.2. The van der Waals surface area contributed by atoms with Gasteiger partial charge in [0.05, 0.1) is 6.67 Å². The lowest BCUT2D eigenvalue weighted by molar-refractivity contribution is -0.127. The summed E-state index contributed by atoms with van der Waals surface area (Å²) in [6.45, 7) is 5.55. The van der Waals surface area contributed by atoms with Crippen molar-refractivity contribution in [3.05, 3.63) is 48.0 Å². The first-order valence-electron chi connectivity index (χ1n) is 7.95. The van der Waals surface area contributed by atoms with Crippen LogP contribution in [0.15, 0.2) is 41.9 Å². The summed E-state index contributed by atoms with van der Waals surface area (Å²) in [6.07, 6.45) is 5.51. The van der Waals surface area contributed by atoms with Crippen LogP contribution in [-0.2, 0) is 10.2 Å². The molecule has 1 aromatic rings. The third-order valence-electron chi connectivity index (χ3n) is 5.14. The van der Waals surface area contributed by atoms with E-state index < -0.39 is 0 Å². The normalized spacial score (nSPS) is 21.7. The number of benzene rings is 1. The van der Waals surface area contributed by atoms with Gasteiger partial charge in [-0.1, -0.05) is 30.8 Å². The minimum atomic E-state index is 0.0457. The maximum absolute atomic E-state index is 11.8. The molecule has 22 heavy (non-hydrogen) atoms. The molecule has 1 aliphatic carbocycles. The van der Waals surface area contributed by atoms with Crippen LogP contribution in [0.1, 0.15) is 36.8 Å². The number of hydrogen-bond acceptors (Lipinski definition) is 3. The maximum atomic E-state index is 11.8. The molecule has 0 bridgehead atoms. The highest BCUT2D eigenvalue weighted by atomic mass is 16.2. The lowest BCUT2D eigenvalue weighted by atomic mass is 9.64. The Morgan fingerprint density at radius 2 is 2.05 bits per heavy atom. The van der Waals surface area contributed by atoms with Gasteiger partial charge in [-0.3, -0.25) is 9.79 Å². The molecular weight excluding hydrogens is 274 g/mol. The van der Waals surface area contributed by atoms with Gasteiger partial charge in [-0.25, -0.2) is 0 Å². The molecule has 1 spiro atoms. The van der Waals surface area contributed by atoms with Crippen molar-refractivity contribution >= 4 is 11.6 Å². The Morgan fingerprint density at radius 3 is 2.73 bits per heavy atom. The van der Waals surface area contributed by atoms with Crippen molar-refractivity contribution in [2.75, 3.05) is 19.8 Å². The molecule has 3 rings (SSSR count). The fourth-order valence-corrected chi connectivity index (χ4v) is 3.90. The molecule has 2 N–H and O–H groups in total. The number of amides is 1. The van der Waals surface area contributed by atoms with E-state index in [4.69, 9.17) is 5.73 Å². The third-order valence-corrected chi connectivity index (χ3v) is 5.14. The first kappa shape index (κ1) is 15.0. The highest BCUT2D eigenvalue weighted by molar-refractivity contribution is 6.03. The van der Waals surface area contributed by atoms with E-state index >= 15 is 0 Å². The van der Waals surface area contributed by atoms with E-state index in [0.29, 0.717) is 6.67 Å². The van der Waals surface area contributed by atoms with Gasteiger partial charge in [0.15, 0.2) is 0 Å². The molecule has 116 valence electrons. The molecule has 1 heterocycles. The van der Waals surface area contributed by atoms with Crippen molar-refractivity contribution in [2.45, 2.75) is 31.1 Å². The molecule has 4 heteroatoms. The fraction of sp³-hybridized carbons (Fsp3) is 0.444. The first-order chi connectivity index (χ1) is 10.7. The van der Waals surface area contributed by atoms with Crippen molar-refractivity contribution in [1.29, 1.82) is 0 Å². The zero-order valence-corrected chi connectivity index (χ0v) is 12.9. The summed E-state index contributed by atoms with van der Waals surface area (Å²) in [5, 5.41) is 0. The van der Waals surface area contributed by atoms with Crippen LogP contribution in [0.5, 0.6) is 0 Å². The summed E-state index contributed by atoms with van der Waals surface area (Å²) in [7, 11) is 0. The van der Waals surface area contributed by atoms with Crippen molar-refractivity contribution in [1.82, 2.24) is 4.90 Å². The lowest BCUT2D eigenvalue weighted by Crippen LogP contribution is -2.46. The average Bonchev–Trinajstić information content (AvgIpc) is 2.58. The Hall–Kier alpha value is -1.94. The summed E-state index contributed by atoms with van der Waals surface area (Å²) < 4.78 is 0. The largest absolute Gasteiger partial charge is 0.339 e. The Kier molecular flexibility index (Phi) is 4.12. The Labute approximate surface area is 131 Å². The zero-order chi connectivity index (χ0) is 15.6. The Morgan fingerprint density at radius 1 is 1.32 bits per heavy atom. The number of rotatable bonds is 2. The number of fused-ring (bicyclic) bond motifs is 2. The van der Waals surface area contributed by atoms with E-state index in [1.165, 1.54) is 17.2 Å². The van der Waals surface area contributed by atoms with E-state index in [9.17, 15) is 4.79 Å². The van der Waals surface area contributed by atoms with Gasteiger partial charge < -0.3 is 10.6 Å². The molecule has 4 nitrogen and oxygen atoms in total. The number of hydrogen-bond donors (Lipinski definition) is 1. The van der Waals surface area contributed by atoms with Crippen molar-refractivity contribution in [3.8, 4) is 0 Å². The van der Waals surface area contributed by atoms with E-state index in [0.717, 1.165) is 44.5 Å². The summed E-state index contributed by atoms with van der Waals surface area (Å²) in [5.74, 6) is 0.0457. The number of carbonyl (C=O) groups is 1. The van der Waals surface area contributed by atoms with Gasteiger partial charge >= 0.3 is 0 Å². The Bertz CT molecular complexity index is 613. The second-order valence-corrected chi connectivity index (χ2v) is 6.14. The third kappa shape index (κ3) is 2.48. The van der Waals surface area contributed by atoms with Gasteiger partial charge in [0.25, 0.3) is 0 Å². The van der Waals surface area contributed by atoms with Gasteiger partial charge in [-0.15, -0.1) is 0 Å². The predicted molar refractivity (Wildman–Crippen MR) is 89.0 cm³/mol. The highest BCUT2D eigenvalue weighted by Gasteiger charge is 2.41. The second-order valence-electron chi connectivity index (χ2n) is 6.14. The Balaban J connectivity index is 1.90. The standard InChI is InChI=1S/C18H23N3O/c1-2-17(22)21-11-9-18(10-12-21)8-7-16(20-13-19)14-5-3-4-6-15(14)18/h2-6H,1,7-13,19H2. The summed E-state index contributed by atoms with van der Waals surface area (Å²) in [5.41, 5.74) is 9.57. The van der Waals surface area contributed by atoms with Gasteiger partial charge in [0, 0.05) is 18.8 Å². The number of piperidine rings is 1. The fourth-order valence-electron chi connectivity index (χ4n) is 3.90. The van der Waals surface area contributed by atoms with Gasteiger partial charge in [-0.2, -0.15) is 0 Å². The molecule has 1 aliphatic heterocycles. The van der Waals surface area contributed by atoms with Gasteiger partial charge in [0.2, 0.25) is 5.91 Å². The van der Waals surface area contributed by atoms with Crippen LogP contribution in [0.4, 0.5) is 0 Å². The van der Waals surface area contributed by atoms with Crippen molar-refractivity contribution in [2.24, 2.45) is 10.7 Å². The molecular formula is C18H23N3O. The summed E-state index contributed by atoms with van der Waals surface area (Å²) in [6, 6.07) is 8.56. The van der Waals surface area contributed by atoms with E-state index in [1.807, 2.05) is 4.90 Å². The highest BCUT2D eigenvalue weighted by Crippen LogP contribution is 2.44. The zero-order valence-electron chi connectivity index (χ0n) is 12.9. The van der Waals surface area contributed by atoms with Crippen LogP contribution >= 0.6 is 0 Å². The SMILES string of the molecule is C=CC(=O)N1CCC2(CCC(=NCN)c3ccccc32)CC1. The van der Waals surface area contributed by atoms with Crippen molar-refractivity contribution in [3.63, 3.8) is 0 Å². The number of nitrogens with zero attached hydrogens (tertiary/aromatic N) is 2. The molecule has 1 aromatic carbocycles. The first-order valence-corrected chi connectivity index (χ1v) is 7.95. The number of nitrogens with two attached hydrogens (primary N) is 1. The molecule has 1 amide bonds. The van der Waals surface area contributed by atoms with E-state index in [1.54, 1.807) is 0 Å². The van der Waals surface area contributed by atoms with Crippen LogP contribution in [0.25, 0.3) is 0 Å². The van der Waals surface area contributed by atoms with Crippen LogP contribution in [-0.4, -0.2) is 36.3 Å². The number of aliphatic imine (C=N–C) groups is 1. The number of likely N-dealkylation sites (tertiary alicyclic amines) is 1. The average molecular weight is 297 g/mol. The van der Waals surface area contributed by atoms with Gasteiger partial charge in [0.1, 0.15) is 0 Å². The minimum absolute atomic E-state index is 0.0457. The van der Waals surface area contributed by atoms with Crippen molar-refractivity contribution < 1.29 is 4.79 Å². The lowest BCUT2D eigenvalue weighted by Gasteiger charge is -2.45.